The molecule has 192 valence electrons. The summed E-state index contributed by atoms with van der Waals surface area (Å²) >= 11 is 0. The Morgan fingerprint density at radius 2 is 1.63 bits per heavy atom. The van der Waals surface area contributed by atoms with E-state index >= 15 is 0 Å². The van der Waals surface area contributed by atoms with Crippen LogP contribution in [0.2, 0.25) is 0 Å². The molecular weight excluding hydrogens is 493 g/mol. The third kappa shape index (κ3) is 5.34. The summed E-state index contributed by atoms with van der Waals surface area (Å²) in [5, 5.41) is 41.9. The average molecular weight is 526 g/mol. The highest BCUT2D eigenvalue weighted by Crippen LogP contribution is 2.47. The van der Waals surface area contributed by atoms with Gasteiger partial charge in [-0.3, -0.25) is 9.48 Å². The number of aliphatic hydroxyl groups is 1. The minimum atomic E-state index is -0.342. The molecule has 0 bridgehead atoms. The van der Waals surface area contributed by atoms with Crippen molar-refractivity contribution >= 4 is 47.2 Å². The van der Waals surface area contributed by atoms with E-state index in [1.807, 2.05) is 16.8 Å². The van der Waals surface area contributed by atoms with Crippen molar-refractivity contribution in [3.63, 3.8) is 0 Å². The Kier molecular flexibility index (Phi) is 10.2. The van der Waals surface area contributed by atoms with E-state index in [9.17, 15) is 15.0 Å². The summed E-state index contributed by atoms with van der Waals surface area (Å²) in [5.74, 6) is -0.599. The second-order valence-corrected chi connectivity index (χ2v) is 8.06. The fourth-order valence-electron chi connectivity index (χ4n) is 4.44. The van der Waals surface area contributed by atoms with Gasteiger partial charge in [-0.1, -0.05) is 13.8 Å². The topological polar surface area (TPSA) is 123 Å². The monoisotopic (exact) mass is 525 g/mol. The molecule has 0 fully saturated rings. The van der Waals surface area contributed by atoms with Crippen molar-refractivity contribution < 1.29 is 20.1 Å². The number of hydrogen-bond acceptors (Lipinski definition) is 8. The van der Waals surface area contributed by atoms with Crippen LogP contribution in [0.4, 0.5) is 5.69 Å². The molecule has 1 aliphatic rings. The van der Waals surface area contributed by atoms with Gasteiger partial charge in [-0.25, -0.2) is 0 Å². The first kappa shape index (κ1) is 28.7. The summed E-state index contributed by atoms with van der Waals surface area (Å²) in [5.41, 5.74) is 2.78. The minimum Gasteiger partial charge on any atom is -0.507 e. The summed E-state index contributed by atoms with van der Waals surface area (Å²) in [4.78, 5) is 15.9. The molecule has 1 aromatic heterocycles. The lowest BCUT2D eigenvalue weighted by atomic mass is 9.85. The Labute approximate surface area is 216 Å². The van der Waals surface area contributed by atoms with E-state index in [0.29, 0.717) is 48.5 Å². The number of halogens is 2. The van der Waals surface area contributed by atoms with Gasteiger partial charge in [0.2, 0.25) is 0 Å². The third-order valence-electron chi connectivity index (χ3n) is 6.20. The van der Waals surface area contributed by atoms with Crippen molar-refractivity contribution in [2.75, 3.05) is 51.2 Å². The molecular formula is C24H33Cl2N5O4. The summed E-state index contributed by atoms with van der Waals surface area (Å²) in [6, 6.07) is 6.54. The molecule has 0 spiro atoms. The Morgan fingerprint density at radius 1 is 0.943 bits per heavy atom. The predicted octanol–water partition coefficient (Wildman–Crippen LogP) is 2.84. The highest BCUT2D eigenvalue weighted by molar-refractivity contribution is 6.29. The van der Waals surface area contributed by atoms with Crippen molar-refractivity contribution in [3.8, 4) is 22.8 Å². The molecule has 2 aromatic carbocycles. The molecule has 0 amide bonds. The van der Waals surface area contributed by atoms with Gasteiger partial charge in [-0.2, -0.15) is 5.10 Å². The van der Waals surface area contributed by atoms with Gasteiger partial charge in [0.15, 0.2) is 5.78 Å². The maximum Gasteiger partial charge on any atom is 0.200 e. The van der Waals surface area contributed by atoms with Gasteiger partial charge in [0.1, 0.15) is 17.2 Å². The first-order chi connectivity index (χ1) is 16.0. The molecule has 1 aliphatic carbocycles. The molecule has 1 heterocycles. The number of aromatic hydroxyl groups is 2. The highest BCUT2D eigenvalue weighted by Gasteiger charge is 2.35. The number of rotatable bonds is 11. The number of fused-ring (bicyclic) bond motifs is 2. The number of carbonyl (C=O) groups excluding carboxylic acids is 1. The Balaban J connectivity index is 0.00000216. The van der Waals surface area contributed by atoms with Crippen LogP contribution in [0.5, 0.6) is 11.5 Å². The minimum absolute atomic E-state index is 0. The van der Waals surface area contributed by atoms with E-state index < -0.39 is 0 Å². The lowest BCUT2D eigenvalue weighted by Gasteiger charge is -2.20. The van der Waals surface area contributed by atoms with Crippen LogP contribution in [0.25, 0.3) is 22.2 Å². The maximum absolute atomic E-state index is 13.6. The fourth-order valence-corrected chi connectivity index (χ4v) is 4.44. The van der Waals surface area contributed by atoms with Crippen molar-refractivity contribution in [1.29, 1.82) is 0 Å². The normalized spacial score (nSPS) is 11.8. The van der Waals surface area contributed by atoms with Crippen LogP contribution >= 0.6 is 24.8 Å². The van der Waals surface area contributed by atoms with Gasteiger partial charge in [0.25, 0.3) is 0 Å². The molecule has 0 unspecified atom stereocenters. The number of nitrogens with one attached hydrogen (secondary N) is 2. The first-order valence-electron chi connectivity index (χ1n) is 11.4. The number of anilines is 1. The number of likely N-dealkylation sites (N-methyl/N-ethyl adjacent to an activating group) is 1. The fraction of sp³-hybridized carbons (Fsp3) is 0.417. The number of aromatic nitrogens is 2. The number of hydrogen-bond donors (Lipinski definition) is 5. The molecule has 3 aromatic rings. The largest absolute Gasteiger partial charge is 0.507 e. The lowest BCUT2D eigenvalue weighted by Crippen LogP contribution is -2.27. The van der Waals surface area contributed by atoms with E-state index in [1.54, 1.807) is 0 Å². The van der Waals surface area contributed by atoms with Crippen molar-refractivity contribution in [2.24, 2.45) is 0 Å². The van der Waals surface area contributed by atoms with Gasteiger partial charge < -0.3 is 30.9 Å². The average Bonchev–Trinajstić information content (AvgIpc) is 3.18. The molecule has 0 saturated carbocycles. The van der Waals surface area contributed by atoms with Gasteiger partial charge in [-0.05, 0) is 37.4 Å². The summed E-state index contributed by atoms with van der Waals surface area (Å²) in [7, 11) is 0. The van der Waals surface area contributed by atoms with E-state index in [0.717, 1.165) is 25.2 Å². The van der Waals surface area contributed by atoms with Crippen molar-refractivity contribution in [1.82, 2.24) is 20.0 Å². The third-order valence-corrected chi connectivity index (χ3v) is 6.20. The van der Waals surface area contributed by atoms with E-state index in [4.69, 9.17) is 10.2 Å². The number of phenolic OH excluding ortho intramolecular Hbond substituents is 2. The van der Waals surface area contributed by atoms with Gasteiger partial charge in [-0.15, -0.1) is 24.8 Å². The second kappa shape index (κ2) is 12.4. The van der Waals surface area contributed by atoms with Crippen LogP contribution < -0.4 is 10.6 Å². The maximum atomic E-state index is 13.6. The summed E-state index contributed by atoms with van der Waals surface area (Å²) in [6.07, 6.45) is 0. The number of phenols is 2. The Bertz CT molecular complexity index is 1180. The van der Waals surface area contributed by atoms with Crippen molar-refractivity contribution in [2.45, 2.75) is 20.4 Å². The quantitative estimate of drug-likeness (QED) is 0.149. The van der Waals surface area contributed by atoms with Crippen molar-refractivity contribution in [3.05, 3.63) is 35.4 Å². The highest BCUT2D eigenvalue weighted by atomic mass is 35.5. The SMILES string of the molecule is CCN(CC)CCn1nc2c3c(c(NCCNCCO)ccc31)C(=O)c1c(O)ccc(O)c1-2.Cl.Cl. The zero-order valence-electron chi connectivity index (χ0n) is 19.9. The van der Waals surface area contributed by atoms with Gasteiger partial charge in [0, 0.05) is 37.3 Å². The first-order valence-corrected chi connectivity index (χ1v) is 11.4. The van der Waals surface area contributed by atoms with E-state index in [-0.39, 0.29) is 59.8 Å². The van der Waals surface area contributed by atoms with Crippen LogP contribution in [-0.4, -0.2) is 81.7 Å². The number of nitrogens with zero attached hydrogens (tertiary/aromatic N) is 3. The molecule has 5 N–H and O–H groups in total. The zero-order valence-corrected chi connectivity index (χ0v) is 21.5. The Morgan fingerprint density at radius 3 is 2.29 bits per heavy atom. The lowest BCUT2D eigenvalue weighted by molar-refractivity contribution is 0.103. The summed E-state index contributed by atoms with van der Waals surface area (Å²) in [6.45, 7) is 9.27. The molecule has 4 rings (SSSR count). The van der Waals surface area contributed by atoms with Crippen LogP contribution in [0.3, 0.4) is 0 Å². The molecule has 0 atom stereocenters. The predicted molar refractivity (Wildman–Crippen MR) is 143 cm³/mol. The molecule has 0 aliphatic heterocycles. The van der Waals surface area contributed by atoms with Crippen LogP contribution in [-0.2, 0) is 6.54 Å². The standard InChI is InChI=1S/C24H31N5O4.2ClH/c1-3-28(4-2)12-13-29-16-6-5-15(26-10-9-25-11-14-30)19-20(16)23(27-29)21-17(31)7-8-18(32)22(21)24(19)33;;/h5-8,25-26,30-32H,3-4,9-14H2,1-2H3;2*1H. The molecule has 35 heavy (non-hydrogen) atoms. The van der Waals surface area contributed by atoms with Gasteiger partial charge >= 0.3 is 0 Å². The Hall–Kier alpha value is -2.56. The molecule has 0 saturated heterocycles. The molecule has 9 nitrogen and oxygen atoms in total. The molecule has 0 radical (unpaired) electrons. The van der Waals surface area contributed by atoms with Gasteiger partial charge in [0.05, 0.1) is 35.4 Å². The van der Waals surface area contributed by atoms with E-state index in [2.05, 4.69) is 29.4 Å². The molecule has 11 heteroatoms. The van der Waals surface area contributed by atoms with Crippen LogP contribution in [0, 0.1) is 0 Å². The number of carbonyl (C=O) groups is 1. The van der Waals surface area contributed by atoms with Crippen LogP contribution in [0.1, 0.15) is 29.8 Å². The van der Waals surface area contributed by atoms with E-state index in [1.165, 1.54) is 12.1 Å². The summed E-state index contributed by atoms with van der Waals surface area (Å²) < 4.78 is 1.88. The smallest absolute Gasteiger partial charge is 0.200 e. The number of benzene rings is 2. The number of aliphatic hydroxyl groups excluding tert-OH is 1. The zero-order chi connectivity index (χ0) is 23.5. The second-order valence-electron chi connectivity index (χ2n) is 8.06. The number of ketones is 1. The van der Waals surface area contributed by atoms with Crippen LogP contribution in [0.15, 0.2) is 24.3 Å².